The van der Waals surface area contributed by atoms with Crippen molar-refractivity contribution in [2.24, 2.45) is 11.7 Å². The first-order valence-electron chi connectivity index (χ1n) is 8.72. The molecule has 1 saturated carbocycles. The molecule has 0 spiro atoms. The summed E-state index contributed by atoms with van der Waals surface area (Å²) in [6.45, 7) is 2.65. The Morgan fingerprint density at radius 1 is 1.38 bits per heavy atom. The van der Waals surface area contributed by atoms with Crippen molar-refractivity contribution in [3.63, 3.8) is 0 Å². The van der Waals surface area contributed by atoms with Crippen molar-refractivity contribution in [3.8, 4) is 5.69 Å². The van der Waals surface area contributed by atoms with E-state index in [-0.39, 0.29) is 17.4 Å². The summed E-state index contributed by atoms with van der Waals surface area (Å²) in [5, 5.41) is 7.28. The van der Waals surface area contributed by atoms with Crippen molar-refractivity contribution in [1.82, 2.24) is 15.1 Å². The molecule has 2 atom stereocenters. The Hall–Kier alpha value is -2.14. The molecule has 24 heavy (non-hydrogen) atoms. The van der Waals surface area contributed by atoms with E-state index >= 15 is 0 Å². The summed E-state index contributed by atoms with van der Waals surface area (Å²) in [5.41, 5.74) is 8.17. The van der Waals surface area contributed by atoms with Gasteiger partial charge in [0.25, 0.3) is 0 Å². The van der Waals surface area contributed by atoms with E-state index in [1.807, 2.05) is 36.0 Å². The minimum absolute atomic E-state index is 0.0616. The Labute approximate surface area is 143 Å². The molecule has 1 aromatic heterocycles. The number of carbonyl (C=O) groups is 1. The molecular formula is C19H26N4O. The number of nitrogens with zero attached hydrogens (tertiary/aromatic N) is 2. The number of aromatic nitrogens is 2. The Balaban J connectivity index is 1.50. The van der Waals surface area contributed by atoms with Crippen LogP contribution in [0.2, 0.25) is 0 Å². The van der Waals surface area contributed by atoms with Gasteiger partial charge in [-0.05, 0) is 49.9 Å². The van der Waals surface area contributed by atoms with Crippen molar-refractivity contribution in [2.45, 2.75) is 44.6 Å². The van der Waals surface area contributed by atoms with Crippen LogP contribution in [0.1, 0.15) is 38.2 Å². The summed E-state index contributed by atoms with van der Waals surface area (Å²) in [4.78, 5) is 12.4. The lowest BCUT2D eigenvalue weighted by atomic mass is 9.74. The number of benzene rings is 1. The smallest absolute Gasteiger partial charge is 0.224 e. The zero-order chi connectivity index (χ0) is 17.0. The molecule has 2 aromatic rings. The van der Waals surface area contributed by atoms with Gasteiger partial charge in [0.2, 0.25) is 5.91 Å². The van der Waals surface area contributed by atoms with Crippen LogP contribution in [0, 0.1) is 5.92 Å². The van der Waals surface area contributed by atoms with E-state index in [0.29, 0.717) is 6.54 Å². The standard InChI is InChI=1S/C19H26N4O/c1-19(20)11-3-2-5-17(19)18(24)21-13-10-15-6-8-16(9-7-15)23-14-4-12-22-23/h4,6-9,12,14,17H,2-3,5,10-11,13,20H2,1H3,(H,21,24). The topological polar surface area (TPSA) is 72.9 Å². The molecule has 2 unspecified atom stereocenters. The summed E-state index contributed by atoms with van der Waals surface area (Å²) in [7, 11) is 0. The molecular weight excluding hydrogens is 300 g/mol. The van der Waals surface area contributed by atoms with Crippen LogP contribution in [0.3, 0.4) is 0 Å². The van der Waals surface area contributed by atoms with E-state index in [0.717, 1.165) is 37.8 Å². The van der Waals surface area contributed by atoms with E-state index in [1.165, 1.54) is 5.56 Å². The molecule has 3 N–H and O–H groups in total. The molecule has 1 heterocycles. The molecule has 1 aliphatic carbocycles. The fourth-order valence-electron chi connectivity index (χ4n) is 3.48. The van der Waals surface area contributed by atoms with Crippen LogP contribution in [0.5, 0.6) is 0 Å². The molecule has 1 fully saturated rings. The fourth-order valence-corrected chi connectivity index (χ4v) is 3.48. The van der Waals surface area contributed by atoms with E-state index in [1.54, 1.807) is 6.20 Å². The summed E-state index contributed by atoms with van der Waals surface area (Å²) < 4.78 is 1.83. The van der Waals surface area contributed by atoms with Crippen LogP contribution in [-0.4, -0.2) is 27.8 Å². The fraction of sp³-hybridized carbons (Fsp3) is 0.474. The predicted octanol–water partition coefficient (Wildman–Crippen LogP) is 2.44. The minimum Gasteiger partial charge on any atom is -0.355 e. The molecule has 5 nitrogen and oxygen atoms in total. The highest BCUT2D eigenvalue weighted by Gasteiger charge is 2.37. The van der Waals surface area contributed by atoms with E-state index in [2.05, 4.69) is 22.5 Å². The monoisotopic (exact) mass is 326 g/mol. The summed E-state index contributed by atoms with van der Waals surface area (Å²) >= 11 is 0. The van der Waals surface area contributed by atoms with Crippen LogP contribution in [-0.2, 0) is 11.2 Å². The average Bonchev–Trinajstić information content (AvgIpc) is 3.09. The molecule has 1 aliphatic rings. The lowest BCUT2D eigenvalue weighted by Crippen LogP contribution is -2.53. The molecule has 0 saturated heterocycles. The minimum atomic E-state index is -0.367. The zero-order valence-electron chi connectivity index (χ0n) is 14.2. The second kappa shape index (κ2) is 7.18. The van der Waals surface area contributed by atoms with Gasteiger partial charge in [0, 0.05) is 24.5 Å². The maximum absolute atomic E-state index is 12.4. The molecule has 1 amide bonds. The lowest BCUT2D eigenvalue weighted by Gasteiger charge is -2.37. The van der Waals surface area contributed by atoms with Crippen molar-refractivity contribution < 1.29 is 4.79 Å². The quantitative estimate of drug-likeness (QED) is 0.886. The van der Waals surface area contributed by atoms with Gasteiger partial charge in [0.1, 0.15) is 0 Å². The first-order chi connectivity index (χ1) is 11.6. The average molecular weight is 326 g/mol. The highest BCUT2D eigenvalue weighted by atomic mass is 16.1. The Bertz CT molecular complexity index is 661. The van der Waals surface area contributed by atoms with E-state index in [9.17, 15) is 4.79 Å². The van der Waals surface area contributed by atoms with E-state index in [4.69, 9.17) is 5.73 Å². The van der Waals surface area contributed by atoms with Gasteiger partial charge >= 0.3 is 0 Å². The van der Waals surface area contributed by atoms with Gasteiger partial charge in [-0.1, -0.05) is 25.0 Å². The second-order valence-electron chi connectivity index (χ2n) is 6.96. The van der Waals surface area contributed by atoms with Gasteiger partial charge < -0.3 is 11.1 Å². The molecule has 1 aromatic carbocycles. The number of amides is 1. The Morgan fingerprint density at radius 3 is 2.83 bits per heavy atom. The zero-order valence-corrected chi connectivity index (χ0v) is 14.2. The number of carbonyl (C=O) groups excluding carboxylic acids is 1. The Kier molecular flexibility index (Phi) is 5.00. The number of nitrogens with two attached hydrogens (primary N) is 1. The second-order valence-corrected chi connectivity index (χ2v) is 6.96. The highest BCUT2D eigenvalue weighted by molar-refractivity contribution is 5.80. The van der Waals surface area contributed by atoms with Gasteiger partial charge in [-0.15, -0.1) is 0 Å². The maximum atomic E-state index is 12.4. The van der Waals surface area contributed by atoms with Crippen LogP contribution < -0.4 is 11.1 Å². The summed E-state index contributed by atoms with van der Waals surface area (Å²) in [6, 6.07) is 10.2. The highest BCUT2D eigenvalue weighted by Crippen LogP contribution is 2.31. The van der Waals surface area contributed by atoms with Gasteiger partial charge in [-0.25, -0.2) is 4.68 Å². The maximum Gasteiger partial charge on any atom is 0.224 e. The third kappa shape index (κ3) is 3.85. The number of hydrogen-bond donors (Lipinski definition) is 2. The number of nitrogens with one attached hydrogen (secondary N) is 1. The third-order valence-electron chi connectivity index (χ3n) is 4.99. The summed E-state index contributed by atoms with van der Waals surface area (Å²) in [5.74, 6) is 0.0429. The Morgan fingerprint density at radius 2 is 2.17 bits per heavy atom. The molecule has 0 bridgehead atoms. The van der Waals surface area contributed by atoms with Crippen LogP contribution in [0.15, 0.2) is 42.7 Å². The van der Waals surface area contributed by atoms with Gasteiger partial charge in [0.15, 0.2) is 0 Å². The first kappa shape index (κ1) is 16.7. The SMILES string of the molecule is CC1(N)CCCCC1C(=O)NCCc1ccc(-n2cccn2)cc1. The first-order valence-corrected chi connectivity index (χ1v) is 8.72. The predicted molar refractivity (Wildman–Crippen MR) is 94.8 cm³/mol. The number of rotatable bonds is 5. The van der Waals surface area contributed by atoms with Crippen molar-refractivity contribution in [3.05, 3.63) is 48.3 Å². The van der Waals surface area contributed by atoms with Crippen LogP contribution >= 0.6 is 0 Å². The van der Waals surface area contributed by atoms with Crippen LogP contribution in [0.25, 0.3) is 5.69 Å². The lowest BCUT2D eigenvalue weighted by molar-refractivity contribution is -0.128. The number of hydrogen-bond acceptors (Lipinski definition) is 3. The van der Waals surface area contributed by atoms with Crippen molar-refractivity contribution in [1.29, 1.82) is 0 Å². The third-order valence-corrected chi connectivity index (χ3v) is 4.99. The van der Waals surface area contributed by atoms with Crippen molar-refractivity contribution in [2.75, 3.05) is 6.54 Å². The van der Waals surface area contributed by atoms with Crippen LogP contribution in [0.4, 0.5) is 0 Å². The largest absolute Gasteiger partial charge is 0.355 e. The molecule has 5 heteroatoms. The van der Waals surface area contributed by atoms with Gasteiger partial charge in [-0.3, -0.25) is 4.79 Å². The normalized spacial score (nSPS) is 23.8. The molecule has 0 radical (unpaired) electrons. The van der Waals surface area contributed by atoms with Gasteiger partial charge in [-0.2, -0.15) is 5.10 Å². The van der Waals surface area contributed by atoms with Crippen molar-refractivity contribution >= 4 is 5.91 Å². The molecule has 128 valence electrons. The van der Waals surface area contributed by atoms with Gasteiger partial charge in [0.05, 0.1) is 11.6 Å². The summed E-state index contributed by atoms with van der Waals surface area (Å²) in [6.07, 6.45) is 8.55. The molecule has 0 aliphatic heterocycles. The molecule has 3 rings (SSSR count). The van der Waals surface area contributed by atoms with E-state index < -0.39 is 0 Å².